The van der Waals surface area contributed by atoms with Crippen molar-refractivity contribution in [2.24, 2.45) is 17.3 Å². The molecule has 3 atom stereocenters. The van der Waals surface area contributed by atoms with Gasteiger partial charge in [-0.3, -0.25) is 0 Å². The van der Waals surface area contributed by atoms with E-state index in [1.807, 2.05) is 0 Å². The van der Waals surface area contributed by atoms with E-state index in [4.69, 9.17) is 0 Å². The number of hydrogen-bond donors (Lipinski definition) is 1. The first kappa shape index (κ1) is 14.5. The summed E-state index contributed by atoms with van der Waals surface area (Å²) in [4.78, 5) is 0. The fourth-order valence-corrected chi connectivity index (χ4v) is 3.40. The first-order valence-electron chi connectivity index (χ1n) is 7.22. The van der Waals surface area contributed by atoms with Crippen LogP contribution >= 0.6 is 0 Å². The summed E-state index contributed by atoms with van der Waals surface area (Å²) in [6.07, 6.45) is 6.76. The van der Waals surface area contributed by atoms with Crippen molar-refractivity contribution in [2.75, 3.05) is 0 Å². The van der Waals surface area contributed by atoms with Crippen LogP contribution in [0.1, 0.15) is 65.7 Å². The maximum absolute atomic E-state index is 10.6. The number of aliphatic hydroxyl groups excluding tert-OH is 1. The first-order chi connectivity index (χ1) is 8.13. The fourth-order valence-electron chi connectivity index (χ4n) is 3.40. The summed E-state index contributed by atoms with van der Waals surface area (Å²) in [5.41, 5.74) is -0.463. The third-order valence-corrected chi connectivity index (χ3v) is 4.75. The number of hydrogen-bond acceptors (Lipinski definition) is 2. The SMILES string of the molecule is CCC1CCCC(C#N)(C(O)C(CC)CC)C1. The van der Waals surface area contributed by atoms with Gasteiger partial charge >= 0.3 is 0 Å². The largest absolute Gasteiger partial charge is 0.391 e. The van der Waals surface area contributed by atoms with Crippen molar-refractivity contribution in [3.8, 4) is 6.07 Å². The molecule has 98 valence electrons. The summed E-state index contributed by atoms with van der Waals surface area (Å²) < 4.78 is 0. The Morgan fingerprint density at radius 2 is 2.00 bits per heavy atom. The van der Waals surface area contributed by atoms with Gasteiger partial charge in [-0.1, -0.05) is 52.9 Å². The van der Waals surface area contributed by atoms with Crippen LogP contribution in [-0.2, 0) is 0 Å². The van der Waals surface area contributed by atoms with E-state index >= 15 is 0 Å². The van der Waals surface area contributed by atoms with Crippen LogP contribution in [0.3, 0.4) is 0 Å². The zero-order chi connectivity index (χ0) is 12.9. The van der Waals surface area contributed by atoms with Gasteiger partial charge in [-0.25, -0.2) is 0 Å². The van der Waals surface area contributed by atoms with Crippen molar-refractivity contribution in [1.82, 2.24) is 0 Å². The van der Waals surface area contributed by atoms with E-state index in [1.54, 1.807) is 0 Å². The molecule has 1 aliphatic carbocycles. The molecule has 17 heavy (non-hydrogen) atoms. The van der Waals surface area contributed by atoms with Gasteiger partial charge in [0.05, 0.1) is 17.6 Å². The topological polar surface area (TPSA) is 44.0 Å². The third-order valence-electron chi connectivity index (χ3n) is 4.75. The van der Waals surface area contributed by atoms with Gasteiger partial charge in [0.1, 0.15) is 0 Å². The van der Waals surface area contributed by atoms with Crippen molar-refractivity contribution in [2.45, 2.75) is 71.8 Å². The lowest BCUT2D eigenvalue weighted by Crippen LogP contribution is -2.42. The van der Waals surface area contributed by atoms with E-state index in [0.29, 0.717) is 5.92 Å². The van der Waals surface area contributed by atoms with Gasteiger partial charge in [0, 0.05) is 0 Å². The molecule has 0 spiro atoms. The van der Waals surface area contributed by atoms with Crippen molar-refractivity contribution < 1.29 is 5.11 Å². The summed E-state index contributed by atoms with van der Waals surface area (Å²) in [6, 6.07) is 2.48. The maximum atomic E-state index is 10.6. The van der Waals surface area contributed by atoms with Gasteiger partial charge in [0.15, 0.2) is 0 Å². The van der Waals surface area contributed by atoms with E-state index in [0.717, 1.165) is 38.5 Å². The molecule has 1 saturated carbocycles. The molecular formula is C15H27NO. The summed E-state index contributed by atoms with van der Waals surface area (Å²) in [6.45, 7) is 6.42. The Morgan fingerprint density at radius 1 is 1.35 bits per heavy atom. The van der Waals surface area contributed by atoms with Crippen molar-refractivity contribution in [3.63, 3.8) is 0 Å². The van der Waals surface area contributed by atoms with Crippen LogP contribution in [0.5, 0.6) is 0 Å². The van der Waals surface area contributed by atoms with Crippen molar-refractivity contribution >= 4 is 0 Å². The van der Waals surface area contributed by atoms with E-state index in [1.165, 1.54) is 6.42 Å². The standard InChI is InChI=1S/C15H27NO/c1-4-12-8-7-9-15(10-12,11-16)14(17)13(5-2)6-3/h12-14,17H,4-10H2,1-3H3. The highest BCUT2D eigenvalue weighted by atomic mass is 16.3. The molecular weight excluding hydrogens is 210 g/mol. The Hall–Kier alpha value is -0.550. The Kier molecular flexibility index (Phi) is 5.46. The van der Waals surface area contributed by atoms with Crippen LogP contribution in [0.2, 0.25) is 0 Å². The molecule has 0 aromatic carbocycles. The summed E-state index contributed by atoms with van der Waals surface area (Å²) in [5.74, 6) is 0.915. The van der Waals surface area contributed by atoms with Crippen LogP contribution < -0.4 is 0 Å². The summed E-state index contributed by atoms with van der Waals surface area (Å²) in [5, 5.41) is 20.1. The van der Waals surface area contributed by atoms with Gasteiger partial charge in [0.2, 0.25) is 0 Å². The van der Waals surface area contributed by atoms with Crippen LogP contribution in [0.25, 0.3) is 0 Å². The van der Waals surface area contributed by atoms with E-state index in [9.17, 15) is 10.4 Å². The molecule has 0 aromatic rings. The molecule has 0 bridgehead atoms. The zero-order valence-electron chi connectivity index (χ0n) is 11.6. The molecule has 0 aromatic heterocycles. The molecule has 2 heteroatoms. The first-order valence-corrected chi connectivity index (χ1v) is 7.22. The number of aliphatic hydroxyl groups is 1. The third kappa shape index (κ3) is 3.01. The molecule has 3 unspecified atom stereocenters. The Balaban J connectivity index is 2.83. The van der Waals surface area contributed by atoms with Gasteiger partial charge in [-0.05, 0) is 24.7 Å². The highest BCUT2D eigenvalue weighted by Gasteiger charge is 2.44. The van der Waals surface area contributed by atoms with E-state index in [-0.39, 0.29) is 5.92 Å². The second-order valence-electron chi connectivity index (χ2n) is 5.66. The molecule has 2 nitrogen and oxygen atoms in total. The number of nitriles is 1. The normalized spacial score (nSPS) is 31.2. The predicted molar refractivity (Wildman–Crippen MR) is 70.4 cm³/mol. The quantitative estimate of drug-likeness (QED) is 0.788. The average molecular weight is 237 g/mol. The number of nitrogens with zero attached hydrogens (tertiary/aromatic N) is 1. The van der Waals surface area contributed by atoms with Crippen molar-refractivity contribution in [3.05, 3.63) is 0 Å². The highest BCUT2D eigenvalue weighted by molar-refractivity contribution is 5.07. The minimum absolute atomic E-state index is 0.283. The Labute approximate surface area is 106 Å². The zero-order valence-corrected chi connectivity index (χ0v) is 11.6. The van der Waals surface area contributed by atoms with E-state index in [2.05, 4.69) is 26.8 Å². The fraction of sp³-hybridized carbons (Fsp3) is 0.933. The minimum atomic E-state index is -0.463. The monoisotopic (exact) mass is 237 g/mol. The summed E-state index contributed by atoms with van der Waals surface area (Å²) >= 11 is 0. The maximum Gasteiger partial charge on any atom is 0.0837 e. The van der Waals surface area contributed by atoms with Crippen LogP contribution in [0.4, 0.5) is 0 Å². The molecule has 0 aliphatic heterocycles. The van der Waals surface area contributed by atoms with Gasteiger partial charge in [-0.2, -0.15) is 5.26 Å². The van der Waals surface area contributed by atoms with E-state index < -0.39 is 11.5 Å². The Morgan fingerprint density at radius 3 is 2.47 bits per heavy atom. The van der Waals surface area contributed by atoms with Gasteiger partial charge < -0.3 is 5.11 Å². The van der Waals surface area contributed by atoms with Crippen LogP contribution in [0, 0.1) is 28.6 Å². The predicted octanol–water partition coefficient (Wildman–Crippen LogP) is 3.89. The van der Waals surface area contributed by atoms with Crippen molar-refractivity contribution in [1.29, 1.82) is 5.26 Å². The Bertz CT molecular complexity index is 267. The molecule has 0 amide bonds. The highest BCUT2D eigenvalue weighted by Crippen LogP contribution is 2.45. The van der Waals surface area contributed by atoms with Crippen LogP contribution in [-0.4, -0.2) is 11.2 Å². The lowest BCUT2D eigenvalue weighted by Gasteiger charge is -2.41. The molecule has 1 aliphatic rings. The molecule has 0 radical (unpaired) electrons. The summed E-state index contributed by atoms with van der Waals surface area (Å²) in [7, 11) is 0. The second kappa shape index (κ2) is 6.40. The molecule has 0 saturated heterocycles. The minimum Gasteiger partial charge on any atom is -0.391 e. The molecule has 0 heterocycles. The van der Waals surface area contributed by atoms with Crippen LogP contribution in [0.15, 0.2) is 0 Å². The number of rotatable bonds is 5. The lowest BCUT2D eigenvalue weighted by atomic mass is 9.63. The second-order valence-corrected chi connectivity index (χ2v) is 5.66. The smallest absolute Gasteiger partial charge is 0.0837 e. The van der Waals surface area contributed by atoms with Gasteiger partial charge in [-0.15, -0.1) is 0 Å². The molecule has 1 N–H and O–H groups in total. The molecule has 1 rings (SSSR count). The average Bonchev–Trinajstić information content (AvgIpc) is 2.39. The molecule has 1 fully saturated rings. The lowest BCUT2D eigenvalue weighted by molar-refractivity contribution is -0.0224. The van der Waals surface area contributed by atoms with Gasteiger partial charge in [0.25, 0.3) is 0 Å².